The van der Waals surface area contributed by atoms with Crippen molar-refractivity contribution in [1.29, 1.82) is 0 Å². The van der Waals surface area contributed by atoms with Crippen molar-refractivity contribution in [3.05, 3.63) is 46.8 Å². The lowest BCUT2D eigenvalue weighted by Gasteiger charge is -2.29. The third kappa shape index (κ3) is 3.04. The van der Waals surface area contributed by atoms with Gasteiger partial charge in [0.05, 0.1) is 19.9 Å². The van der Waals surface area contributed by atoms with Crippen LogP contribution >= 0.6 is 0 Å². The number of benzene rings is 1. The Morgan fingerprint density at radius 1 is 1.08 bits per heavy atom. The fourth-order valence-electron chi connectivity index (χ4n) is 3.27. The van der Waals surface area contributed by atoms with Crippen LogP contribution in [0.25, 0.3) is 0 Å². The van der Waals surface area contributed by atoms with Gasteiger partial charge in [0.15, 0.2) is 17.2 Å². The van der Waals surface area contributed by atoms with Crippen LogP contribution in [0.4, 0.5) is 0 Å². The number of carbonyl (C=O) groups excluding carboxylic acids is 1. The van der Waals surface area contributed by atoms with Crippen molar-refractivity contribution in [2.24, 2.45) is 0 Å². The smallest absolute Gasteiger partial charge is 0.274 e. The van der Waals surface area contributed by atoms with E-state index in [1.165, 1.54) is 18.4 Å². The van der Waals surface area contributed by atoms with E-state index in [2.05, 4.69) is 10.2 Å². The molecular formula is C19H21N3O3. The lowest BCUT2D eigenvalue weighted by molar-refractivity contribution is 0.0727. The van der Waals surface area contributed by atoms with Crippen molar-refractivity contribution in [3.8, 4) is 11.5 Å². The van der Waals surface area contributed by atoms with Crippen LogP contribution in [-0.2, 0) is 13.0 Å². The van der Waals surface area contributed by atoms with Crippen LogP contribution in [0, 0.1) is 0 Å². The van der Waals surface area contributed by atoms with Gasteiger partial charge in [-0.1, -0.05) is 0 Å². The molecule has 6 heteroatoms. The number of nitrogens with zero attached hydrogens (tertiary/aromatic N) is 3. The van der Waals surface area contributed by atoms with E-state index < -0.39 is 0 Å². The summed E-state index contributed by atoms with van der Waals surface area (Å²) in [6, 6.07) is 7.69. The van der Waals surface area contributed by atoms with Crippen LogP contribution in [0.1, 0.15) is 46.1 Å². The molecule has 0 bridgehead atoms. The molecule has 1 aliphatic carbocycles. The monoisotopic (exact) mass is 339 g/mol. The molecule has 0 radical (unpaired) electrons. The molecule has 1 aromatic heterocycles. The van der Waals surface area contributed by atoms with Crippen LogP contribution < -0.4 is 9.47 Å². The Morgan fingerprint density at radius 2 is 1.80 bits per heavy atom. The minimum Gasteiger partial charge on any atom is -0.493 e. The molecular weight excluding hydrogens is 318 g/mol. The summed E-state index contributed by atoms with van der Waals surface area (Å²) < 4.78 is 10.7. The molecule has 6 nitrogen and oxygen atoms in total. The summed E-state index contributed by atoms with van der Waals surface area (Å²) in [6.07, 6.45) is 3.14. The predicted molar refractivity (Wildman–Crippen MR) is 92.0 cm³/mol. The van der Waals surface area contributed by atoms with E-state index in [1.807, 2.05) is 23.1 Å². The number of fused-ring (bicyclic) bond motifs is 1. The van der Waals surface area contributed by atoms with Crippen molar-refractivity contribution in [3.63, 3.8) is 0 Å². The molecule has 0 saturated heterocycles. The summed E-state index contributed by atoms with van der Waals surface area (Å²) >= 11 is 0. The molecule has 0 spiro atoms. The molecule has 0 N–H and O–H groups in total. The molecule has 4 rings (SSSR count). The topological polar surface area (TPSA) is 64.6 Å². The van der Waals surface area contributed by atoms with Gasteiger partial charge in [-0.25, -0.2) is 0 Å². The highest BCUT2D eigenvalue weighted by atomic mass is 16.5. The van der Waals surface area contributed by atoms with Gasteiger partial charge in [-0.3, -0.25) is 4.79 Å². The fourth-order valence-corrected chi connectivity index (χ4v) is 3.27. The van der Waals surface area contributed by atoms with Crippen LogP contribution in [0.5, 0.6) is 11.5 Å². The first-order valence-corrected chi connectivity index (χ1v) is 8.56. The predicted octanol–water partition coefficient (Wildman–Crippen LogP) is 2.57. The average molecular weight is 339 g/mol. The summed E-state index contributed by atoms with van der Waals surface area (Å²) in [4.78, 5) is 14.6. The third-order valence-corrected chi connectivity index (χ3v) is 4.91. The summed E-state index contributed by atoms with van der Waals surface area (Å²) in [6.45, 7) is 1.20. The van der Waals surface area contributed by atoms with Gasteiger partial charge in [0, 0.05) is 19.0 Å². The number of aromatic nitrogens is 2. The third-order valence-electron chi connectivity index (χ3n) is 4.91. The van der Waals surface area contributed by atoms with Crippen molar-refractivity contribution < 1.29 is 14.3 Å². The Morgan fingerprint density at radius 3 is 2.40 bits per heavy atom. The quantitative estimate of drug-likeness (QED) is 0.856. The Hall–Kier alpha value is -2.63. The maximum atomic E-state index is 12.8. The van der Waals surface area contributed by atoms with Gasteiger partial charge < -0.3 is 14.4 Å². The normalized spacial score (nSPS) is 16.3. The van der Waals surface area contributed by atoms with E-state index in [4.69, 9.17) is 9.47 Å². The zero-order valence-electron chi connectivity index (χ0n) is 14.5. The lowest BCUT2D eigenvalue weighted by atomic mass is 9.98. The number of rotatable bonds is 4. The molecule has 1 fully saturated rings. The van der Waals surface area contributed by atoms with Crippen LogP contribution in [-0.4, -0.2) is 41.8 Å². The first kappa shape index (κ1) is 15.9. The number of ether oxygens (including phenoxy) is 2. The molecule has 2 aromatic rings. The summed E-state index contributed by atoms with van der Waals surface area (Å²) in [5.41, 5.74) is 3.68. The van der Waals surface area contributed by atoms with Gasteiger partial charge in [0.1, 0.15) is 0 Å². The first-order chi connectivity index (χ1) is 12.2. The molecule has 0 unspecified atom stereocenters. The SMILES string of the molecule is COc1cc2c(cc1OC)CN(C(=O)c1ccc(C3CC3)nn1)CC2. The molecule has 25 heavy (non-hydrogen) atoms. The fraction of sp³-hybridized carbons (Fsp3) is 0.421. The summed E-state index contributed by atoms with van der Waals surface area (Å²) in [5.74, 6) is 1.88. The zero-order valence-corrected chi connectivity index (χ0v) is 14.5. The molecule has 2 heterocycles. The van der Waals surface area contributed by atoms with Crippen LogP contribution in [0.3, 0.4) is 0 Å². The number of hydrogen-bond acceptors (Lipinski definition) is 5. The van der Waals surface area contributed by atoms with Crippen molar-refractivity contribution in [2.45, 2.75) is 31.7 Å². The highest BCUT2D eigenvalue weighted by Gasteiger charge is 2.27. The van der Waals surface area contributed by atoms with Crippen molar-refractivity contribution >= 4 is 5.91 Å². The average Bonchev–Trinajstić information content (AvgIpc) is 3.51. The summed E-state index contributed by atoms with van der Waals surface area (Å²) in [5, 5.41) is 8.36. The van der Waals surface area contributed by atoms with Gasteiger partial charge in [-0.05, 0) is 54.7 Å². The Balaban J connectivity index is 1.53. The minimum atomic E-state index is -0.0738. The molecule has 0 atom stereocenters. The number of carbonyl (C=O) groups is 1. The van der Waals surface area contributed by atoms with E-state index in [9.17, 15) is 4.79 Å². The van der Waals surface area contributed by atoms with E-state index in [0.717, 1.165) is 23.4 Å². The van der Waals surface area contributed by atoms with E-state index >= 15 is 0 Å². The van der Waals surface area contributed by atoms with Gasteiger partial charge in [-0.2, -0.15) is 5.10 Å². The second-order valence-electron chi connectivity index (χ2n) is 6.57. The number of hydrogen-bond donors (Lipinski definition) is 0. The van der Waals surface area contributed by atoms with Crippen LogP contribution in [0.2, 0.25) is 0 Å². The zero-order chi connectivity index (χ0) is 17.4. The second-order valence-corrected chi connectivity index (χ2v) is 6.57. The second kappa shape index (κ2) is 6.35. The Labute approximate surface area is 146 Å². The van der Waals surface area contributed by atoms with Crippen LogP contribution in [0.15, 0.2) is 24.3 Å². The van der Waals surface area contributed by atoms with Gasteiger partial charge >= 0.3 is 0 Å². The summed E-state index contributed by atoms with van der Waals surface area (Å²) in [7, 11) is 3.25. The maximum absolute atomic E-state index is 12.8. The highest BCUT2D eigenvalue weighted by Crippen LogP contribution is 2.38. The Kier molecular flexibility index (Phi) is 4.03. The molecule has 1 amide bonds. The minimum absolute atomic E-state index is 0.0738. The molecule has 130 valence electrons. The molecule has 2 aliphatic rings. The van der Waals surface area contributed by atoms with Crippen molar-refractivity contribution in [1.82, 2.24) is 15.1 Å². The maximum Gasteiger partial charge on any atom is 0.274 e. The van der Waals surface area contributed by atoms with Gasteiger partial charge in [0.25, 0.3) is 5.91 Å². The van der Waals surface area contributed by atoms with E-state index in [0.29, 0.717) is 30.5 Å². The number of methoxy groups -OCH3 is 2. The highest BCUT2D eigenvalue weighted by molar-refractivity contribution is 5.92. The number of amides is 1. The molecule has 1 saturated carbocycles. The standard InChI is InChI=1S/C19H21N3O3/c1-24-17-9-13-7-8-22(11-14(13)10-18(17)25-2)19(23)16-6-5-15(20-21-16)12-3-4-12/h5-6,9-10,12H,3-4,7-8,11H2,1-2H3. The van der Waals surface area contributed by atoms with Crippen molar-refractivity contribution in [2.75, 3.05) is 20.8 Å². The Bertz CT molecular complexity index is 800. The molecule has 1 aromatic carbocycles. The first-order valence-electron chi connectivity index (χ1n) is 8.56. The largest absolute Gasteiger partial charge is 0.493 e. The van der Waals surface area contributed by atoms with E-state index in [-0.39, 0.29) is 5.91 Å². The van der Waals surface area contributed by atoms with E-state index in [1.54, 1.807) is 20.3 Å². The lowest BCUT2D eigenvalue weighted by Crippen LogP contribution is -2.36. The molecule has 1 aliphatic heterocycles. The van der Waals surface area contributed by atoms with Gasteiger partial charge in [0.2, 0.25) is 0 Å². The van der Waals surface area contributed by atoms with Gasteiger partial charge in [-0.15, -0.1) is 5.10 Å².